The predicted molar refractivity (Wildman–Crippen MR) is 63.9 cm³/mol. The van der Waals surface area contributed by atoms with Crippen molar-refractivity contribution in [2.75, 3.05) is 19.6 Å². The average molecular weight is 254 g/mol. The van der Waals surface area contributed by atoms with Crippen LogP contribution in [0.15, 0.2) is 18.2 Å². The van der Waals surface area contributed by atoms with Crippen molar-refractivity contribution in [3.63, 3.8) is 0 Å². The van der Waals surface area contributed by atoms with Crippen molar-refractivity contribution in [2.24, 2.45) is 0 Å². The molecule has 0 unspecified atom stereocenters. The van der Waals surface area contributed by atoms with Crippen molar-refractivity contribution in [3.05, 3.63) is 35.4 Å². The number of rotatable bonds is 5. The maximum Gasteiger partial charge on any atom is 0.221 e. The van der Waals surface area contributed by atoms with E-state index in [4.69, 9.17) is 0 Å². The number of amides is 1. The van der Waals surface area contributed by atoms with E-state index < -0.39 is 11.6 Å². The number of benzene rings is 1. The molecule has 1 aliphatic rings. The number of carbonyl (C=O) groups excluding carboxylic acids is 1. The summed E-state index contributed by atoms with van der Waals surface area (Å²) in [5, 5.41) is 2.60. The Morgan fingerprint density at radius 1 is 1.33 bits per heavy atom. The van der Waals surface area contributed by atoms with Crippen LogP contribution in [0.3, 0.4) is 0 Å². The van der Waals surface area contributed by atoms with Gasteiger partial charge in [0.05, 0.1) is 0 Å². The van der Waals surface area contributed by atoms with Gasteiger partial charge in [-0.15, -0.1) is 0 Å². The van der Waals surface area contributed by atoms with E-state index in [1.54, 1.807) is 0 Å². The number of carbonyl (C=O) groups is 1. The Morgan fingerprint density at radius 3 is 2.78 bits per heavy atom. The summed E-state index contributed by atoms with van der Waals surface area (Å²) in [6.07, 6.45) is 1.59. The van der Waals surface area contributed by atoms with Gasteiger partial charge < -0.3 is 10.2 Å². The number of halogens is 2. The van der Waals surface area contributed by atoms with Gasteiger partial charge in [0.25, 0.3) is 0 Å². The van der Waals surface area contributed by atoms with Crippen LogP contribution in [-0.2, 0) is 11.3 Å². The van der Waals surface area contributed by atoms with Crippen molar-refractivity contribution < 1.29 is 13.6 Å². The monoisotopic (exact) mass is 254 g/mol. The fraction of sp³-hybridized carbons (Fsp3) is 0.462. The van der Waals surface area contributed by atoms with Gasteiger partial charge in [-0.05, 0) is 37.7 Å². The van der Waals surface area contributed by atoms with Gasteiger partial charge in [-0.2, -0.15) is 0 Å². The molecule has 0 radical (unpaired) electrons. The molecule has 1 aromatic carbocycles. The van der Waals surface area contributed by atoms with Crippen molar-refractivity contribution in [2.45, 2.75) is 19.4 Å². The zero-order chi connectivity index (χ0) is 13.0. The minimum Gasteiger partial charge on any atom is -0.352 e. The zero-order valence-corrected chi connectivity index (χ0v) is 10.1. The molecule has 1 amide bonds. The summed E-state index contributed by atoms with van der Waals surface area (Å²) in [7, 11) is 0. The van der Waals surface area contributed by atoms with E-state index in [1.807, 2.05) is 0 Å². The third-order valence-electron chi connectivity index (χ3n) is 3.09. The Hall–Kier alpha value is -1.49. The van der Waals surface area contributed by atoms with Crippen molar-refractivity contribution in [1.29, 1.82) is 0 Å². The Kier molecular flexibility index (Phi) is 4.25. The Bertz CT molecular complexity index is 433. The van der Waals surface area contributed by atoms with Gasteiger partial charge in [0.1, 0.15) is 11.6 Å². The lowest BCUT2D eigenvalue weighted by Gasteiger charge is -2.30. The topological polar surface area (TPSA) is 32.3 Å². The standard InChI is InChI=1S/C13H16F2N2O/c14-11-2-3-12(15)10(8-11)9-16-13(18)4-7-17-5-1-6-17/h2-3,8H,1,4-7,9H2,(H,16,18). The minimum atomic E-state index is -0.501. The first kappa shape index (κ1) is 13.0. The van der Waals surface area contributed by atoms with Crippen molar-refractivity contribution >= 4 is 5.91 Å². The summed E-state index contributed by atoms with van der Waals surface area (Å²) in [6.45, 7) is 2.86. The van der Waals surface area contributed by atoms with Gasteiger partial charge in [0.2, 0.25) is 5.91 Å². The second-order valence-corrected chi connectivity index (χ2v) is 4.46. The van der Waals surface area contributed by atoms with E-state index >= 15 is 0 Å². The smallest absolute Gasteiger partial charge is 0.221 e. The Morgan fingerprint density at radius 2 is 2.11 bits per heavy atom. The SMILES string of the molecule is O=C(CCN1CCC1)NCc1cc(F)ccc1F. The number of likely N-dealkylation sites (tertiary alicyclic amines) is 1. The maximum atomic E-state index is 13.3. The van der Waals surface area contributed by atoms with E-state index in [-0.39, 0.29) is 18.0 Å². The van der Waals surface area contributed by atoms with E-state index in [2.05, 4.69) is 10.2 Å². The molecule has 3 nitrogen and oxygen atoms in total. The summed E-state index contributed by atoms with van der Waals surface area (Å²) < 4.78 is 26.2. The van der Waals surface area contributed by atoms with E-state index in [0.717, 1.165) is 37.8 Å². The van der Waals surface area contributed by atoms with Crippen LogP contribution in [-0.4, -0.2) is 30.4 Å². The first-order valence-electron chi connectivity index (χ1n) is 6.08. The third-order valence-corrected chi connectivity index (χ3v) is 3.09. The molecule has 1 aromatic rings. The van der Waals surface area contributed by atoms with E-state index in [9.17, 15) is 13.6 Å². The maximum absolute atomic E-state index is 13.3. The summed E-state index contributed by atoms with van der Waals surface area (Å²) in [5.41, 5.74) is 0.173. The van der Waals surface area contributed by atoms with Crippen LogP contribution < -0.4 is 5.32 Å². The summed E-state index contributed by atoms with van der Waals surface area (Å²) >= 11 is 0. The molecule has 0 spiro atoms. The zero-order valence-electron chi connectivity index (χ0n) is 10.1. The molecule has 1 fully saturated rings. The second kappa shape index (κ2) is 5.91. The van der Waals surface area contributed by atoms with Gasteiger partial charge >= 0.3 is 0 Å². The average Bonchev–Trinajstić information content (AvgIpc) is 2.28. The van der Waals surface area contributed by atoms with Crippen LogP contribution in [0, 0.1) is 11.6 Å². The molecule has 0 aromatic heterocycles. The fourth-order valence-corrected chi connectivity index (χ4v) is 1.83. The molecular formula is C13H16F2N2O. The lowest BCUT2D eigenvalue weighted by molar-refractivity contribution is -0.121. The molecule has 1 N–H and O–H groups in total. The first-order chi connectivity index (χ1) is 8.65. The second-order valence-electron chi connectivity index (χ2n) is 4.46. The highest BCUT2D eigenvalue weighted by atomic mass is 19.1. The van der Waals surface area contributed by atoms with E-state index in [0.29, 0.717) is 6.42 Å². The number of hydrogen-bond donors (Lipinski definition) is 1. The molecule has 0 atom stereocenters. The molecule has 1 saturated heterocycles. The normalized spacial score (nSPS) is 15.2. The molecule has 98 valence electrons. The first-order valence-corrected chi connectivity index (χ1v) is 6.08. The van der Waals surface area contributed by atoms with Crippen LogP contribution in [0.5, 0.6) is 0 Å². The lowest BCUT2D eigenvalue weighted by Crippen LogP contribution is -2.39. The highest BCUT2D eigenvalue weighted by molar-refractivity contribution is 5.76. The van der Waals surface area contributed by atoms with Crippen LogP contribution in [0.4, 0.5) is 8.78 Å². The Balaban J connectivity index is 1.75. The molecule has 5 heteroatoms. The number of nitrogens with zero attached hydrogens (tertiary/aromatic N) is 1. The molecule has 2 rings (SSSR count). The fourth-order valence-electron chi connectivity index (χ4n) is 1.83. The Labute approximate surface area is 105 Å². The molecule has 18 heavy (non-hydrogen) atoms. The van der Waals surface area contributed by atoms with Crippen molar-refractivity contribution in [1.82, 2.24) is 10.2 Å². The molecular weight excluding hydrogens is 238 g/mol. The van der Waals surface area contributed by atoms with Gasteiger partial charge in [-0.1, -0.05) is 0 Å². The minimum absolute atomic E-state index is 0.0302. The highest BCUT2D eigenvalue weighted by Crippen LogP contribution is 2.09. The van der Waals surface area contributed by atoms with Crippen LogP contribution in [0.1, 0.15) is 18.4 Å². The van der Waals surface area contributed by atoms with E-state index in [1.165, 1.54) is 6.42 Å². The molecule has 0 aliphatic carbocycles. The van der Waals surface area contributed by atoms with Gasteiger partial charge in [0, 0.05) is 25.1 Å². The summed E-state index contributed by atoms with van der Waals surface area (Å²) in [6, 6.07) is 3.23. The highest BCUT2D eigenvalue weighted by Gasteiger charge is 2.14. The van der Waals surface area contributed by atoms with Gasteiger partial charge in [-0.25, -0.2) is 8.78 Å². The lowest BCUT2D eigenvalue weighted by atomic mass is 10.2. The molecule has 0 bridgehead atoms. The number of nitrogens with one attached hydrogen (secondary N) is 1. The predicted octanol–water partition coefficient (Wildman–Crippen LogP) is 1.68. The van der Waals surface area contributed by atoms with Crippen LogP contribution in [0.25, 0.3) is 0 Å². The molecule has 1 heterocycles. The number of hydrogen-bond acceptors (Lipinski definition) is 2. The molecule has 0 saturated carbocycles. The largest absolute Gasteiger partial charge is 0.352 e. The summed E-state index contributed by atoms with van der Waals surface area (Å²) in [5.74, 6) is -1.13. The van der Waals surface area contributed by atoms with Gasteiger partial charge in [-0.3, -0.25) is 4.79 Å². The quantitative estimate of drug-likeness (QED) is 0.867. The van der Waals surface area contributed by atoms with Crippen molar-refractivity contribution in [3.8, 4) is 0 Å². The van der Waals surface area contributed by atoms with Crippen LogP contribution in [0.2, 0.25) is 0 Å². The van der Waals surface area contributed by atoms with Gasteiger partial charge in [0.15, 0.2) is 0 Å². The third kappa shape index (κ3) is 3.50. The molecule has 1 aliphatic heterocycles. The summed E-state index contributed by atoms with van der Waals surface area (Å²) in [4.78, 5) is 13.7. The van der Waals surface area contributed by atoms with Crippen LogP contribution >= 0.6 is 0 Å².